The molecule has 1 N–H and O–H groups in total. The van der Waals surface area contributed by atoms with Crippen LogP contribution in [0.2, 0.25) is 0 Å². The minimum absolute atomic E-state index is 0.0380. The first-order valence-corrected chi connectivity index (χ1v) is 4.57. The Morgan fingerprint density at radius 2 is 2.08 bits per heavy atom. The first-order valence-electron chi connectivity index (χ1n) is 3.99. The fraction of sp³-hybridized carbons (Fsp3) is 0.875. The Morgan fingerprint density at radius 3 is 2.42 bits per heavy atom. The first-order chi connectivity index (χ1) is 5.37. The lowest BCUT2D eigenvalue weighted by Crippen LogP contribution is -2.31. The third-order valence-electron chi connectivity index (χ3n) is 1.25. The van der Waals surface area contributed by atoms with E-state index < -0.39 is 0 Å². The highest BCUT2D eigenvalue weighted by Crippen LogP contribution is 2.13. The molecule has 0 saturated carbocycles. The van der Waals surface area contributed by atoms with E-state index in [0.29, 0.717) is 6.61 Å². The largest absolute Gasteiger partial charge is 0.464 e. The third-order valence-corrected chi connectivity index (χ3v) is 1.75. The highest BCUT2D eigenvalue weighted by molar-refractivity contribution is 7.13. The molecule has 0 aromatic carbocycles. The maximum absolute atomic E-state index is 11.1. The average Bonchev–Trinajstić information content (AvgIpc) is 1.97. The van der Waals surface area contributed by atoms with Gasteiger partial charge in [0.1, 0.15) is 6.04 Å². The van der Waals surface area contributed by atoms with E-state index in [0.717, 1.165) is 0 Å². The molecule has 2 atom stereocenters. The lowest BCUT2D eigenvalue weighted by Gasteiger charge is -2.19. The summed E-state index contributed by atoms with van der Waals surface area (Å²) in [4.78, 5) is 11.1. The Morgan fingerprint density at radius 1 is 1.58 bits per heavy atom. The van der Waals surface area contributed by atoms with Gasteiger partial charge in [0.15, 0.2) is 0 Å². The van der Waals surface area contributed by atoms with Gasteiger partial charge in [-0.25, -0.2) is 0 Å². The topological polar surface area (TPSA) is 38.3 Å². The van der Waals surface area contributed by atoms with Gasteiger partial charge in [-0.1, -0.05) is 30.2 Å². The second kappa shape index (κ2) is 4.78. The Bertz CT molecular complexity index is 154. The molecule has 0 saturated heterocycles. The molecule has 2 unspecified atom stereocenters. The number of esters is 1. The van der Waals surface area contributed by atoms with Crippen molar-refractivity contribution in [2.75, 3.05) is 6.61 Å². The zero-order chi connectivity index (χ0) is 9.78. The summed E-state index contributed by atoms with van der Waals surface area (Å²) in [7, 11) is 2.29. The predicted octanol–water partition coefficient (Wildman–Crippen LogP) is 1.34. The molecular weight excluding hydrogens is 173 g/mol. The normalized spacial score (nSPS) is 14.1. The lowest BCUT2D eigenvalue weighted by atomic mass is 9.99. The highest BCUT2D eigenvalue weighted by atomic mass is 31.0. The number of rotatable bonds is 3. The van der Waals surface area contributed by atoms with Crippen LogP contribution in [0.5, 0.6) is 0 Å². The van der Waals surface area contributed by atoms with Crippen molar-refractivity contribution in [3.05, 3.63) is 0 Å². The third kappa shape index (κ3) is 5.50. The lowest BCUT2D eigenvalue weighted by molar-refractivity contribution is -0.147. The Labute approximate surface area is 76.5 Å². The van der Waals surface area contributed by atoms with Gasteiger partial charge in [0.25, 0.3) is 0 Å². The first kappa shape index (κ1) is 11.9. The molecule has 0 amide bonds. The van der Waals surface area contributed by atoms with Crippen LogP contribution in [-0.2, 0) is 9.53 Å². The highest BCUT2D eigenvalue weighted by Gasteiger charge is 2.16. The zero-order valence-electron chi connectivity index (χ0n) is 8.18. The van der Waals surface area contributed by atoms with E-state index in [1.165, 1.54) is 0 Å². The van der Waals surface area contributed by atoms with Gasteiger partial charge < -0.3 is 4.74 Å². The van der Waals surface area contributed by atoms with Gasteiger partial charge in [-0.2, -0.15) is 0 Å². The van der Waals surface area contributed by atoms with Crippen molar-refractivity contribution in [2.24, 2.45) is 5.41 Å². The van der Waals surface area contributed by atoms with Crippen LogP contribution in [0.3, 0.4) is 0 Å². The van der Waals surface area contributed by atoms with Crippen LogP contribution < -0.4 is 5.09 Å². The summed E-state index contributed by atoms with van der Waals surface area (Å²) in [5, 5.41) is 2.74. The molecule has 0 aromatic heterocycles. The SMILES string of the molecule is CC(NP)C(=O)OCC(C)(C)C. The monoisotopic (exact) mass is 191 g/mol. The second-order valence-electron chi connectivity index (χ2n) is 4.06. The molecule has 72 valence electrons. The molecule has 0 aromatic rings. The predicted molar refractivity (Wildman–Crippen MR) is 52.7 cm³/mol. The molecule has 0 aliphatic carbocycles. The van der Waals surface area contributed by atoms with E-state index >= 15 is 0 Å². The molecule has 0 rings (SSSR count). The van der Waals surface area contributed by atoms with Gasteiger partial charge in [-0.15, -0.1) is 0 Å². The van der Waals surface area contributed by atoms with E-state index in [9.17, 15) is 4.79 Å². The van der Waals surface area contributed by atoms with Crippen molar-refractivity contribution in [3.8, 4) is 0 Å². The molecule has 0 aliphatic rings. The van der Waals surface area contributed by atoms with Crippen molar-refractivity contribution in [2.45, 2.75) is 33.7 Å². The Hall–Kier alpha value is -0.140. The van der Waals surface area contributed by atoms with Crippen molar-refractivity contribution in [1.29, 1.82) is 0 Å². The van der Waals surface area contributed by atoms with Crippen LogP contribution in [0.1, 0.15) is 27.7 Å². The summed E-state index contributed by atoms with van der Waals surface area (Å²) in [6.07, 6.45) is 0. The number of hydrogen-bond acceptors (Lipinski definition) is 3. The number of carbonyl (C=O) groups excluding carboxylic acids is 1. The van der Waals surface area contributed by atoms with E-state index in [1.807, 2.05) is 20.8 Å². The molecule has 4 heteroatoms. The van der Waals surface area contributed by atoms with Crippen molar-refractivity contribution < 1.29 is 9.53 Å². The summed E-state index contributed by atoms with van der Waals surface area (Å²) >= 11 is 0. The van der Waals surface area contributed by atoms with Crippen molar-refractivity contribution in [3.63, 3.8) is 0 Å². The number of hydrogen-bond donors (Lipinski definition) is 1. The summed E-state index contributed by atoms with van der Waals surface area (Å²) < 4.78 is 5.04. The smallest absolute Gasteiger partial charge is 0.323 e. The molecule has 0 bridgehead atoms. The molecule has 0 spiro atoms. The van der Waals surface area contributed by atoms with E-state index in [1.54, 1.807) is 6.92 Å². The van der Waals surface area contributed by atoms with Crippen molar-refractivity contribution in [1.82, 2.24) is 5.09 Å². The molecule has 3 nitrogen and oxygen atoms in total. The number of nitrogens with one attached hydrogen (secondary N) is 1. The molecule has 0 radical (unpaired) electrons. The summed E-state index contributed by atoms with van der Waals surface area (Å²) in [6, 6.07) is -0.252. The Kier molecular flexibility index (Phi) is 4.73. The van der Waals surface area contributed by atoms with Crippen LogP contribution in [0, 0.1) is 5.41 Å². The van der Waals surface area contributed by atoms with Gasteiger partial charge in [0, 0.05) is 0 Å². The number of ether oxygens (including phenoxy) is 1. The van der Waals surface area contributed by atoms with Gasteiger partial charge in [-0.3, -0.25) is 9.88 Å². The fourth-order valence-electron chi connectivity index (χ4n) is 0.481. The van der Waals surface area contributed by atoms with Crippen LogP contribution in [0.15, 0.2) is 0 Å². The summed E-state index contributed by atoms with van der Waals surface area (Å²) in [5.74, 6) is -0.208. The van der Waals surface area contributed by atoms with E-state index in [-0.39, 0.29) is 17.4 Å². The van der Waals surface area contributed by atoms with Crippen LogP contribution in [-0.4, -0.2) is 18.6 Å². The van der Waals surface area contributed by atoms with Gasteiger partial charge >= 0.3 is 5.97 Å². The maximum Gasteiger partial charge on any atom is 0.323 e. The second-order valence-corrected chi connectivity index (χ2v) is 4.39. The minimum Gasteiger partial charge on any atom is -0.464 e. The van der Waals surface area contributed by atoms with Crippen LogP contribution >= 0.6 is 9.39 Å². The van der Waals surface area contributed by atoms with E-state index in [2.05, 4.69) is 14.5 Å². The average molecular weight is 191 g/mol. The zero-order valence-corrected chi connectivity index (χ0v) is 9.33. The van der Waals surface area contributed by atoms with Gasteiger partial charge in [-0.05, 0) is 12.3 Å². The summed E-state index contributed by atoms with van der Waals surface area (Å²) in [5.41, 5.74) is 0.0380. The fourth-order valence-corrected chi connectivity index (χ4v) is 0.617. The van der Waals surface area contributed by atoms with Gasteiger partial charge in [0.2, 0.25) is 0 Å². The summed E-state index contributed by atoms with van der Waals surface area (Å²) in [6.45, 7) is 8.30. The molecule has 12 heavy (non-hydrogen) atoms. The van der Waals surface area contributed by atoms with Crippen molar-refractivity contribution >= 4 is 15.4 Å². The van der Waals surface area contributed by atoms with Crippen LogP contribution in [0.25, 0.3) is 0 Å². The Balaban J connectivity index is 3.72. The number of carbonyl (C=O) groups is 1. The standard InChI is InChI=1S/C8H18NO2P/c1-6(9-12)7(10)11-5-8(2,3)4/h6,9H,5,12H2,1-4H3. The minimum atomic E-state index is -0.252. The maximum atomic E-state index is 11.1. The van der Waals surface area contributed by atoms with Crippen LogP contribution in [0.4, 0.5) is 0 Å². The van der Waals surface area contributed by atoms with E-state index in [4.69, 9.17) is 4.74 Å². The van der Waals surface area contributed by atoms with Gasteiger partial charge in [0.05, 0.1) is 6.61 Å². The quantitative estimate of drug-likeness (QED) is 0.540. The molecule has 0 aliphatic heterocycles. The molecule has 0 heterocycles. The molecular formula is C8H18NO2P. The molecule has 0 fully saturated rings.